The quantitative estimate of drug-likeness (QED) is 0.704. The Morgan fingerprint density at radius 2 is 1.76 bits per heavy atom. The number of carbonyl (C=O) groups is 3. The van der Waals surface area contributed by atoms with Crippen LogP contribution in [0, 0.1) is 5.92 Å². The number of amides is 2. The summed E-state index contributed by atoms with van der Waals surface area (Å²) in [5.41, 5.74) is 0.996. The van der Waals surface area contributed by atoms with Crippen LogP contribution in [0.25, 0.3) is 6.08 Å². The molecule has 1 aromatic rings. The maximum absolute atomic E-state index is 12.4. The lowest BCUT2D eigenvalue weighted by Gasteiger charge is -2.23. The number of hydrogen-bond acceptors (Lipinski definition) is 4. The van der Waals surface area contributed by atoms with Crippen molar-refractivity contribution < 1.29 is 19.1 Å². The second-order valence-corrected chi connectivity index (χ2v) is 6.06. The third-order valence-electron chi connectivity index (χ3n) is 3.59. The van der Waals surface area contributed by atoms with Gasteiger partial charge in [0.25, 0.3) is 0 Å². The average Bonchev–Trinajstić information content (AvgIpc) is 2.58. The second-order valence-electron chi connectivity index (χ2n) is 6.06. The van der Waals surface area contributed by atoms with Crippen molar-refractivity contribution in [1.82, 2.24) is 10.6 Å². The SMILES string of the molecule is COC(=O)[C@@H](C/C=C/c1ccccc1)NC(=O)[C@H](NC(C)=O)C(C)C. The summed E-state index contributed by atoms with van der Waals surface area (Å²) in [6.45, 7) is 4.99. The van der Waals surface area contributed by atoms with Crippen molar-refractivity contribution in [2.24, 2.45) is 5.92 Å². The summed E-state index contributed by atoms with van der Waals surface area (Å²) in [6, 6.07) is 8.11. The van der Waals surface area contributed by atoms with E-state index in [2.05, 4.69) is 10.6 Å². The fourth-order valence-corrected chi connectivity index (χ4v) is 2.28. The molecule has 6 heteroatoms. The van der Waals surface area contributed by atoms with Crippen molar-refractivity contribution in [2.75, 3.05) is 7.11 Å². The van der Waals surface area contributed by atoms with Gasteiger partial charge in [-0.2, -0.15) is 0 Å². The van der Waals surface area contributed by atoms with E-state index in [1.165, 1.54) is 14.0 Å². The van der Waals surface area contributed by atoms with E-state index < -0.39 is 24.0 Å². The van der Waals surface area contributed by atoms with Crippen LogP contribution in [0.4, 0.5) is 0 Å². The summed E-state index contributed by atoms with van der Waals surface area (Å²) in [5, 5.41) is 5.26. The molecule has 1 aromatic carbocycles. The lowest BCUT2D eigenvalue weighted by molar-refractivity contribution is -0.145. The number of hydrogen-bond donors (Lipinski definition) is 2. The molecule has 2 atom stereocenters. The number of rotatable bonds is 8. The second kappa shape index (κ2) is 10.3. The average molecular weight is 346 g/mol. The van der Waals surface area contributed by atoms with Crippen LogP contribution in [0.2, 0.25) is 0 Å². The van der Waals surface area contributed by atoms with Gasteiger partial charge in [-0.05, 0) is 17.9 Å². The summed E-state index contributed by atoms with van der Waals surface area (Å²) in [5.74, 6) is -1.35. The van der Waals surface area contributed by atoms with E-state index in [9.17, 15) is 14.4 Å². The van der Waals surface area contributed by atoms with Gasteiger partial charge in [-0.25, -0.2) is 4.79 Å². The molecule has 0 aromatic heterocycles. The van der Waals surface area contributed by atoms with Gasteiger partial charge >= 0.3 is 5.97 Å². The maximum Gasteiger partial charge on any atom is 0.328 e. The highest BCUT2D eigenvalue weighted by molar-refractivity contribution is 5.90. The van der Waals surface area contributed by atoms with Gasteiger partial charge in [0.2, 0.25) is 11.8 Å². The van der Waals surface area contributed by atoms with Gasteiger partial charge in [-0.15, -0.1) is 0 Å². The molecular weight excluding hydrogens is 320 g/mol. The minimum atomic E-state index is -0.813. The standard InChI is InChI=1S/C19H26N2O4/c1-13(2)17(20-14(3)22)18(23)21-16(19(24)25-4)12-8-11-15-9-6-5-7-10-15/h5-11,13,16-17H,12H2,1-4H3,(H,20,22)(H,21,23)/b11-8+/t16-,17-/m1/s1. The number of benzene rings is 1. The molecule has 25 heavy (non-hydrogen) atoms. The molecule has 136 valence electrons. The van der Waals surface area contributed by atoms with Crippen LogP contribution >= 0.6 is 0 Å². The summed E-state index contributed by atoms with van der Waals surface area (Å²) < 4.78 is 4.76. The Balaban J connectivity index is 2.77. The Labute approximate surface area is 148 Å². The number of nitrogens with one attached hydrogen (secondary N) is 2. The zero-order valence-corrected chi connectivity index (χ0v) is 15.1. The van der Waals surface area contributed by atoms with Crippen LogP contribution in [0.15, 0.2) is 36.4 Å². The Morgan fingerprint density at radius 1 is 1.12 bits per heavy atom. The molecule has 0 unspecified atom stereocenters. The molecule has 0 aliphatic carbocycles. The van der Waals surface area contributed by atoms with Crippen molar-refractivity contribution in [1.29, 1.82) is 0 Å². The number of methoxy groups -OCH3 is 1. The molecule has 1 rings (SSSR count). The van der Waals surface area contributed by atoms with Gasteiger partial charge in [0.1, 0.15) is 12.1 Å². The molecule has 0 spiro atoms. The van der Waals surface area contributed by atoms with E-state index in [0.717, 1.165) is 5.56 Å². The molecule has 2 amide bonds. The predicted octanol–water partition coefficient (Wildman–Crippen LogP) is 1.91. The van der Waals surface area contributed by atoms with Crippen LogP contribution in [-0.2, 0) is 19.1 Å². The van der Waals surface area contributed by atoms with Gasteiger partial charge in [0, 0.05) is 6.92 Å². The highest BCUT2D eigenvalue weighted by Crippen LogP contribution is 2.07. The fraction of sp³-hybridized carbons (Fsp3) is 0.421. The molecule has 0 radical (unpaired) electrons. The minimum Gasteiger partial charge on any atom is -0.467 e. The smallest absolute Gasteiger partial charge is 0.328 e. The van der Waals surface area contributed by atoms with Gasteiger partial charge in [0.15, 0.2) is 0 Å². The van der Waals surface area contributed by atoms with E-state index in [1.807, 2.05) is 50.3 Å². The van der Waals surface area contributed by atoms with Gasteiger partial charge in [-0.3, -0.25) is 9.59 Å². The van der Waals surface area contributed by atoms with Crippen molar-refractivity contribution in [3.8, 4) is 0 Å². The number of esters is 1. The van der Waals surface area contributed by atoms with Crippen molar-refractivity contribution in [2.45, 2.75) is 39.3 Å². The zero-order valence-electron chi connectivity index (χ0n) is 15.1. The van der Waals surface area contributed by atoms with Crippen LogP contribution in [0.1, 0.15) is 32.8 Å². The lowest BCUT2D eigenvalue weighted by Crippen LogP contribution is -2.53. The normalized spacial score (nSPS) is 13.3. The Bertz CT molecular complexity index is 611. The summed E-state index contributed by atoms with van der Waals surface area (Å²) in [7, 11) is 1.27. The lowest BCUT2D eigenvalue weighted by atomic mass is 10.0. The monoisotopic (exact) mass is 346 g/mol. The van der Waals surface area contributed by atoms with Gasteiger partial charge in [0.05, 0.1) is 7.11 Å². The fourth-order valence-electron chi connectivity index (χ4n) is 2.28. The topological polar surface area (TPSA) is 84.5 Å². The Kier molecular flexibility index (Phi) is 8.39. The van der Waals surface area contributed by atoms with E-state index in [0.29, 0.717) is 0 Å². The highest BCUT2D eigenvalue weighted by atomic mass is 16.5. The van der Waals surface area contributed by atoms with Crippen LogP contribution in [0.5, 0.6) is 0 Å². The van der Waals surface area contributed by atoms with E-state index >= 15 is 0 Å². The Morgan fingerprint density at radius 3 is 2.28 bits per heavy atom. The molecule has 2 N–H and O–H groups in total. The largest absolute Gasteiger partial charge is 0.467 e. The molecule has 0 saturated heterocycles. The number of carbonyl (C=O) groups excluding carboxylic acids is 3. The van der Waals surface area contributed by atoms with Crippen LogP contribution < -0.4 is 10.6 Å². The first-order chi connectivity index (χ1) is 11.8. The Hall–Kier alpha value is -2.63. The molecule has 0 bridgehead atoms. The third-order valence-corrected chi connectivity index (χ3v) is 3.59. The molecule has 6 nitrogen and oxygen atoms in total. The van der Waals surface area contributed by atoms with E-state index in [-0.39, 0.29) is 18.2 Å². The minimum absolute atomic E-state index is 0.109. The van der Waals surface area contributed by atoms with Crippen molar-refractivity contribution in [3.63, 3.8) is 0 Å². The molecular formula is C19H26N2O4. The van der Waals surface area contributed by atoms with Crippen LogP contribution in [-0.4, -0.2) is 37.0 Å². The van der Waals surface area contributed by atoms with Gasteiger partial charge in [-0.1, -0.05) is 56.3 Å². The molecule has 0 aliphatic heterocycles. The summed E-state index contributed by atoms with van der Waals surface area (Å²) in [4.78, 5) is 35.6. The van der Waals surface area contributed by atoms with Crippen molar-refractivity contribution in [3.05, 3.63) is 42.0 Å². The van der Waals surface area contributed by atoms with Gasteiger partial charge < -0.3 is 15.4 Å². The molecule has 0 fully saturated rings. The predicted molar refractivity (Wildman–Crippen MR) is 96.5 cm³/mol. The van der Waals surface area contributed by atoms with Crippen LogP contribution in [0.3, 0.4) is 0 Å². The first-order valence-electron chi connectivity index (χ1n) is 8.22. The first kappa shape index (κ1) is 20.4. The summed E-state index contributed by atoms with van der Waals surface area (Å²) in [6.07, 6.45) is 3.97. The maximum atomic E-state index is 12.4. The van der Waals surface area contributed by atoms with E-state index in [4.69, 9.17) is 4.74 Å². The zero-order chi connectivity index (χ0) is 18.8. The molecule has 0 heterocycles. The summed E-state index contributed by atoms with van der Waals surface area (Å²) >= 11 is 0. The molecule has 0 aliphatic rings. The first-order valence-corrected chi connectivity index (χ1v) is 8.22. The van der Waals surface area contributed by atoms with E-state index in [1.54, 1.807) is 6.08 Å². The van der Waals surface area contributed by atoms with Crippen molar-refractivity contribution >= 4 is 23.9 Å². The molecule has 0 saturated carbocycles. The highest BCUT2D eigenvalue weighted by Gasteiger charge is 2.27. The third kappa shape index (κ3) is 7.20. The number of ether oxygens (including phenoxy) is 1.